The first-order valence-electron chi connectivity index (χ1n) is 8.56. The van der Waals surface area contributed by atoms with Crippen LogP contribution in [0.15, 0.2) is 39.9 Å². The minimum Gasteiger partial charge on any atom is -0.447 e. The predicted octanol–water partition coefficient (Wildman–Crippen LogP) is 3.45. The van der Waals surface area contributed by atoms with Crippen molar-refractivity contribution in [1.82, 2.24) is 10.2 Å². The van der Waals surface area contributed by atoms with E-state index < -0.39 is 11.9 Å². The van der Waals surface area contributed by atoms with Crippen LogP contribution in [0.3, 0.4) is 0 Å². The molecule has 1 amide bonds. The number of ether oxygens (including phenoxy) is 2. The predicted molar refractivity (Wildman–Crippen MR) is 99.5 cm³/mol. The maximum Gasteiger partial charge on any atom is 0.404 e. The first kappa shape index (κ1) is 20.4. The number of nitrogens with zero attached hydrogens (tertiary/aromatic N) is 1. The van der Waals surface area contributed by atoms with E-state index in [0.29, 0.717) is 6.54 Å². The van der Waals surface area contributed by atoms with Crippen molar-refractivity contribution in [3.63, 3.8) is 0 Å². The van der Waals surface area contributed by atoms with Crippen molar-refractivity contribution >= 4 is 17.9 Å². The van der Waals surface area contributed by atoms with Crippen LogP contribution in [0.2, 0.25) is 0 Å². The molecule has 1 heterocycles. The molecule has 6 nitrogen and oxygen atoms in total. The number of hydrogen-bond donors (Lipinski definition) is 2. The van der Waals surface area contributed by atoms with Crippen LogP contribution in [0.1, 0.15) is 27.7 Å². The third-order valence-corrected chi connectivity index (χ3v) is 5.10. The molecule has 2 rings (SSSR count). The van der Waals surface area contributed by atoms with Gasteiger partial charge in [0, 0.05) is 24.1 Å². The molecule has 1 aliphatic rings. The van der Waals surface area contributed by atoms with Crippen molar-refractivity contribution in [2.75, 3.05) is 19.8 Å². The van der Waals surface area contributed by atoms with E-state index in [2.05, 4.69) is 24.1 Å². The van der Waals surface area contributed by atoms with Crippen molar-refractivity contribution in [3.8, 4) is 0 Å². The molecule has 0 aromatic heterocycles. The fraction of sp³-hybridized carbons (Fsp3) is 0.500. The molecule has 0 spiro atoms. The zero-order valence-corrected chi connectivity index (χ0v) is 16.4. The van der Waals surface area contributed by atoms with E-state index >= 15 is 0 Å². The average molecular weight is 383 g/mol. The number of amides is 1. The van der Waals surface area contributed by atoms with Gasteiger partial charge in [-0.3, -0.25) is 0 Å². The molecule has 1 aliphatic heterocycles. The average Bonchev–Trinajstić information content (AvgIpc) is 2.84. The molecule has 1 unspecified atom stereocenters. The Hall–Kier alpha value is -1.93. The molecule has 1 aromatic rings. The highest BCUT2D eigenvalue weighted by atomic mass is 32.2. The number of hydrogen-bond acceptors (Lipinski definition) is 6. The van der Waals surface area contributed by atoms with E-state index in [1.165, 1.54) is 23.9 Å². The summed E-state index contributed by atoms with van der Waals surface area (Å²) in [7, 11) is 0. The SMILES string of the molecule is CCN1C(Sc2cccc(F)c2)=C(C(C)C)NC1(C)OCCOC(N)=O. The van der Waals surface area contributed by atoms with Gasteiger partial charge in [0.15, 0.2) is 0 Å². The van der Waals surface area contributed by atoms with Gasteiger partial charge in [-0.25, -0.2) is 9.18 Å². The van der Waals surface area contributed by atoms with Gasteiger partial charge in [-0.2, -0.15) is 0 Å². The summed E-state index contributed by atoms with van der Waals surface area (Å²) in [5.74, 6) is -0.823. The Morgan fingerprint density at radius 1 is 1.42 bits per heavy atom. The third-order valence-electron chi connectivity index (χ3n) is 3.97. The molecule has 0 saturated carbocycles. The third kappa shape index (κ3) is 4.82. The van der Waals surface area contributed by atoms with Gasteiger partial charge in [0.25, 0.3) is 0 Å². The second-order valence-corrected chi connectivity index (χ2v) is 7.36. The van der Waals surface area contributed by atoms with Crippen LogP contribution in [0.25, 0.3) is 0 Å². The summed E-state index contributed by atoms with van der Waals surface area (Å²) < 4.78 is 24.3. The fourth-order valence-corrected chi connectivity index (χ4v) is 4.15. The Bertz CT molecular complexity index is 683. The molecule has 0 aliphatic carbocycles. The Morgan fingerprint density at radius 2 is 2.15 bits per heavy atom. The zero-order valence-electron chi connectivity index (χ0n) is 15.5. The van der Waals surface area contributed by atoms with E-state index in [1.54, 1.807) is 6.07 Å². The number of allylic oxidation sites excluding steroid dienone is 1. The molecule has 8 heteroatoms. The minimum absolute atomic E-state index is 0.0769. The first-order chi connectivity index (χ1) is 12.3. The second kappa shape index (κ2) is 8.64. The number of primary amides is 1. The molecule has 3 N–H and O–H groups in total. The van der Waals surface area contributed by atoms with Crippen molar-refractivity contribution in [2.45, 2.75) is 38.4 Å². The largest absolute Gasteiger partial charge is 0.447 e. The summed E-state index contributed by atoms with van der Waals surface area (Å²) in [6.07, 6.45) is -0.825. The highest BCUT2D eigenvalue weighted by molar-refractivity contribution is 8.03. The topological polar surface area (TPSA) is 76.8 Å². The molecular weight excluding hydrogens is 357 g/mol. The Labute approximate surface area is 157 Å². The van der Waals surface area contributed by atoms with Crippen molar-refractivity contribution in [3.05, 3.63) is 40.8 Å². The van der Waals surface area contributed by atoms with E-state index in [0.717, 1.165) is 15.6 Å². The molecule has 144 valence electrons. The van der Waals surface area contributed by atoms with Gasteiger partial charge < -0.3 is 25.4 Å². The Morgan fingerprint density at radius 3 is 2.73 bits per heavy atom. The van der Waals surface area contributed by atoms with Gasteiger partial charge in [0.05, 0.1) is 11.6 Å². The van der Waals surface area contributed by atoms with Crippen LogP contribution in [0.4, 0.5) is 9.18 Å². The normalized spacial score (nSPS) is 19.8. The first-order valence-corrected chi connectivity index (χ1v) is 9.38. The second-order valence-electron chi connectivity index (χ2n) is 6.30. The van der Waals surface area contributed by atoms with Crippen LogP contribution >= 0.6 is 11.8 Å². The molecule has 1 atom stereocenters. The Balaban J connectivity index is 2.19. The van der Waals surface area contributed by atoms with Crippen molar-refractivity contribution < 1.29 is 18.7 Å². The Kier molecular flexibility index (Phi) is 6.77. The molecule has 0 bridgehead atoms. The van der Waals surface area contributed by atoms with Crippen molar-refractivity contribution in [1.29, 1.82) is 0 Å². The maximum atomic E-state index is 13.6. The van der Waals surface area contributed by atoms with Gasteiger partial charge in [0.1, 0.15) is 12.4 Å². The number of carbonyl (C=O) groups excluding carboxylic acids is 1. The molecule has 0 fully saturated rings. The quantitative estimate of drug-likeness (QED) is 0.670. The van der Waals surface area contributed by atoms with Crippen molar-refractivity contribution in [2.24, 2.45) is 11.7 Å². The number of halogens is 1. The number of nitrogens with one attached hydrogen (secondary N) is 1. The summed E-state index contributed by atoms with van der Waals surface area (Å²) in [6.45, 7) is 9.09. The van der Waals surface area contributed by atoms with Gasteiger partial charge >= 0.3 is 6.09 Å². The van der Waals surface area contributed by atoms with Crippen LogP contribution in [0, 0.1) is 11.7 Å². The lowest BCUT2D eigenvalue weighted by molar-refractivity contribution is -0.137. The van der Waals surface area contributed by atoms with Crippen LogP contribution < -0.4 is 11.1 Å². The van der Waals surface area contributed by atoms with E-state index in [9.17, 15) is 9.18 Å². The van der Waals surface area contributed by atoms with Crippen LogP contribution in [-0.4, -0.2) is 36.6 Å². The standard InChI is InChI=1S/C18H26FN3O3S/c1-5-22-16(26-14-8-6-7-13(19)11-14)15(12(2)3)21-18(22,4)25-10-9-24-17(20)23/h6-8,11-12,21H,5,9-10H2,1-4H3,(H2,20,23). The van der Waals surface area contributed by atoms with Crippen LogP contribution in [-0.2, 0) is 9.47 Å². The number of rotatable bonds is 8. The summed E-state index contributed by atoms with van der Waals surface area (Å²) >= 11 is 1.50. The van der Waals surface area contributed by atoms with E-state index in [4.69, 9.17) is 15.2 Å². The van der Waals surface area contributed by atoms with E-state index in [1.807, 2.05) is 19.9 Å². The molecule has 0 saturated heterocycles. The molecule has 1 aromatic carbocycles. The number of benzene rings is 1. The smallest absolute Gasteiger partial charge is 0.404 e. The molecule has 0 radical (unpaired) electrons. The maximum absolute atomic E-state index is 13.6. The zero-order chi connectivity index (χ0) is 19.3. The van der Waals surface area contributed by atoms with Gasteiger partial charge in [-0.1, -0.05) is 31.7 Å². The number of nitrogens with two attached hydrogens (primary N) is 1. The van der Waals surface area contributed by atoms with Gasteiger partial charge in [0.2, 0.25) is 5.85 Å². The highest BCUT2D eigenvalue weighted by Crippen LogP contribution is 2.41. The molecular formula is C18H26FN3O3S. The summed E-state index contributed by atoms with van der Waals surface area (Å²) in [4.78, 5) is 13.6. The number of thioether (sulfide) groups is 1. The lowest BCUT2D eigenvalue weighted by Crippen LogP contribution is -2.53. The molecule has 26 heavy (non-hydrogen) atoms. The van der Waals surface area contributed by atoms with Gasteiger partial charge in [-0.15, -0.1) is 0 Å². The monoisotopic (exact) mass is 383 g/mol. The lowest BCUT2D eigenvalue weighted by Gasteiger charge is -2.37. The summed E-state index contributed by atoms with van der Waals surface area (Å²) in [5, 5.41) is 4.43. The highest BCUT2D eigenvalue weighted by Gasteiger charge is 2.42. The van der Waals surface area contributed by atoms with Gasteiger partial charge in [-0.05, 0) is 31.0 Å². The minimum atomic E-state index is -0.825. The summed E-state index contributed by atoms with van der Waals surface area (Å²) in [5.41, 5.74) is 6.00. The fourth-order valence-electron chi connectivity index (χ4n) is 2.80. The van der Waals surface area contributed by atoms with E-state index in [-0.39, 0.29) is 24.9 Å². The lowest BCUT2D eigenvalue weighted by atomic mass is 10.1. The summed E-state index contributed by atoms with van der Waals surface area (Å²) in [6, 6.07) is 6.52. The number of carbonyl (C=O) groups is 1. The van der Waals surface area contributed by atoms with Crippen LogP contribution in [0.5, 0.6) is 0 Å².